The van der Waals surface area contributed by atoms with Crippen molar-refractivity contribution in [2.24, 2.45) is 5.92 Å². The summed E-state index contributed by atoms with van der Waals surface area (Å²) in [5.74, 6) is -0.477. The van der Waals surface area contributed by atoms with Crippen molar-refractivity contribution in [2.75, 3.05) is 17.4 Å². The Morgan fingerprint density at radius 1 is 0.925 bits per heavy atom. The first kappa shape index (κ1) is 31.4. The van der Waals surface area contributed by atoms with Crippen LogP contribution in [0.3, 0.4) is 0 Å². The molecule has 0 radical (unpaired) electrons. The van der Waals surface area contributed by atoms with E-state index in [1.807, 2.05) is 58.9 Å². The van der Waals surface area contributed by atoms with Crippen LogP contribution in [0.15, 0.2) is 82.2 Å². The second-order valence-corrected chi connectivity index (χ2v) is 13.2. The molecule has 0 heterocycles. The van der Waals surface area contributed by atoms with E-state index in [0.29, 0.717) is 18.7 Å². The van der Waals surface area contributed by atoms with Crippen LogP contribution in [-0.4, -0.2) is 44.3 Å². The fraction of sp³-hybridized carbons (Fsp3) is 0.355. The summed E-state index contributed by atoms with van der Waals surface area (Å²) >= 11 is 3.40. The maximum absolute atomic E-state index is 14.1. The van der Waals surface area contributed by atoms with Crippen LogP contribution in [0.5, 0.6) is 0 Å². The molecule has 7 nitrogen and oxygen atoms in total. The molecular weight excluding hydrogens is 590 g/mol. The van der Waals surface area contributed by atoms with E-state index in [-0.39, 0.29) is 23.3 Å². The maximum Gasteiger partial charge on any atom is 0.264 e. The summed E-state index contributed by atoms with van der Waals surface area (Å²) in [4.78, 5) is 29.0. The van der Waals surface area contributed by atoms with E-state index in [0.717, 1.165) is 25.5 Å². The number of benzene rings is 3. The third-order valence-corrected chi connectivity index (χ3v) is 8.83. The molecule has 0 saturated carbocycles. The normalized spacial score (nSPS) is 12.2. The lowest BCUT2D eigenvalue weighted by Gasteiger charge is -2.33. The number of sulfonamides is 1. The standard InChI is InChI=1S/C31H38BrN3O4S/c1-6-29(31(37)33-19-22(2)3)34(20-25-9-7-8-24(5)18-25)30(36)21-35(27-14-12-26(32)13-15-27)40(38,39)28-16-10-23(4)11-17-28/h7-18,22,29H,6,19-21H2,1-5H3,(H,33,37). The van der Waals surface area contributed by atoms with Crippen molar-refractivity contribution < 1.29 is 18.0 Å². The molecule has 1 atom stereocenters. The smallest absolute Gasteiger partial charge is 0.264 e. The highest BCUT2D eigenvalue weighted by Crippen LogP contribution is 2.26. The average molecular weight is 629 g/mol. The fourth-order valence-corrected chi connectivity index (χ4v) is 6.00. The zero-order valence-corrected chi connectivity index (χ0v) is 26.1. The molecule has 1 unspecified atom stereocenters. The van der Waals surface area contributed by atoms with Gasteiger partial charge in [0.2, 0.25) is 11.8 Å². The Hall–Kier alpha value is -3.17. The number of hydrogen-bond donors (Lipinski definition) is 1. The third kappa shape index (κ3) is 8.17. The van der Waals surface area contributed by atoms with Gasteiger partial charge in [0, 0.05) is 17.6 Å². The number of carbonyl (C=O) groups excluding carboxylic acids is 2. The summed E-state index contributed by atoms with van der Waals surface area (Å²) < 4.78 is 29.7. The van der Waals surface area contributed by atoms with Gasteiger partial charge in [0.15, 0.2) is 0 Å². The number of nitrogens with one attached hydrogen (secondary N) is 1. The molecule has 3 aromatic rings. The Balaban J connectivity index is 2.04. The Bertz CT molecular complexity index is 1410. The summed E-state index contributed by atoms with van der Waals surface area (Å²) in [6.07, 6.45) is 0.379. The molecule has 0 aliphatic heterocycles. The van der Waals surface area contributed by atoms with Gasteiger partial charge in [-0.15, -0.1) is 0 Å². The summed E-state index contributed by atoms with van der Waals surface area (Å²) in [7, 11) is -4.10. The molecule has 3 aromatic carbocycles. The van der Waals surface area contributed by atoms with E-state index in [2.05, 4.69) is 21.2 Å². The van der Waals surface area contributed by atoms with Crippen LogP contribution in [0.1, 0.15) is 43.9 Å². The van der Waals surface area contributed by atoms with Crippen molar-refractivity contribution in [2.45, 2.75) is 58.5 Å². The molecule has 0 aliphatic carbocycles. The number of amides is 2. The number of aryl methyl sites for hydroxylation is 2. The Labute approximate surface area is 246 Å². The number of hydrogen-bond acceptors (Lipinski definition) is 4. The van der Waals surface area contributed by atoms with Gasteiger partial charge in [-0.05, 0) is 68.1 Å². The van der Waals surface area contributed by atoms with E-state index < -0.39 is 28.5 Å². The number of halogens is 1. The molecule has 9 heteroatoms. The van der Waals surface area contributed by atoms with Gasteiger partial charge in [0.1, 0.15) is 12.6 Å². The molecule has 2 amide bonds. The molecular formula is C31H38BrN3O4S. The highest BCUT2D eigenvalue weighted by molar-refractivity contribution is 9.10. The first-order valence-corrected chi connectivity index (χ1v) is 15.6. The largest absolute Gasteiger partial charge is 0.354 e. The van der Waals surface area contributed by atoms with Crippen LogP contribution in [-0.2, 0) is 26.2 Å². The minimum atomic E-state index is -4.10. The Kier molecular flexibility index (Phi) is 10.9. The van der Waals surface area contributed by atoms with E-state index >= 15 is 0 Å². The van der Waals surface area contributed by atoms with Crippen molar-refractivity contribution in [3.63, 3.8) is 0 Å². The lowest BCUT2D eigenvalue weighted by molar-refractivity contribution is -0.140. The predicted molar refractivity (Wildman–Crippen MR) is 164 cm³/mol. The number of rotatable bonds is 12. The Morgan fingerprint density at radius 3 is 2.15 bits per heavy atom. The zero-order chi connectivity index (χ0) is 29.4. The highest BCUT2D eigenvalue weighted by Gasteiger charge is 2.33. The summed E-state index contributed by atoms with van der Waals surface area (Å²) in [6, 6.07) is 20.3. The summed E-state index contributed by atoms with van der Waals surface area (Å²) in [6.45, 7) is 9.90. The predicted octanol–water partition coefficient (Wildman–Crippen LogP) is 5.84. The minimum absolute atomic E-state index is 0.0840. The van der Waals surface area contributed by atoms with Crippen LogP contribution in [0.4, 0.5) is 5.69 Å². The topological polar surface area (TPSA) is 86.8 Å². The Morgan fingerprint density at radius 2 is 1.57 bits per heavy atom. The van der Waals surface area contributed by atoms with Crippen molar-refractivity contribution in [3.8, 4) is 0 Å². The van der Waals surface area contributed by atoms with Crippen molar-refractivity contribution in [1.82, 2.24) is 10.2 Å². The van der Waals surface area contributed by atoms with Crippen molar-refractivity contribution in [1.29, 1.82) is 0 Å². The summed E-state index contributed by atoms with van der Waals surface area (Å²) in [5, 5.41) is 2.95. The van der Waals surface area contributed by atoms with E-state index in [1.165, 1.54) is 4.90 Å². The summed E-state index contributed by atoms with van der Waals surface area (Å²) in [5.41, 5.74) is 3.17. The van der Waals surface area contributed by atoms with E-state index in [4.69, 9.17) is 0 Å². The molecule has 0 fully saturated rings. The number of anilines is 1. The van der Waals surface area contributed by atoms with Crippen LogP contribution in [0, 0.1) is 19.8 Å². The molecule has 40 heavy (non-hydrogen) atoms. The number of nitrogens with zero attached hydrogens (tertiary/aromatic N) is 2. The molecule has 1 N–H and O–H groups in total. The van der Waals surface area contributed by atoms with Crippen LogP contribution >= 0.6 is 15.9 Å². The monoisotopic (exact) mass is 627 g/mol. The molecule has 0 bridgehead atoms. The molecule has 3 rings (SSSR count). The number of carbonyl (C=O) groups is 2. The maximum atomic E-state index is 14.1. The lowest BCUT2D eigenvalue weighted by Crippen LogP contribution is -2.52. The van der Waals surface area contributed by atoms with Gasteiger partial charge in [-0.25, -0.2) is 8.42 Å². The van der Waals surface area contributed by atoms with Gasteiger partial charge in [-0.1, -0.05) is 84.2 Å². The van der Waals surface area contributed by atoms with Crippen molar-refractivity contribution in [3.05, 3.63) is 94.0 Å². The molecule has 0 spiro atoms. The van der Waals surface area contributed by atoms with Crippen LogP contribution in [0.2, 0.25) is 0 Å². The van der Waals surface area contributed by atoms with Crippen LogP contribution < -0.4 is 9.62 Å². The highest BCUT2D eigenvalue weighted by atomic mass is 79.9. The van der Waals surface area contributed by atoms with Gasteiger partial charge in [0.25, 0.3) is 10.0 Å². The van der Waals surface area contributed by atoms with E-state index in [1.54, 1.807) is 48.5 Å². The quantitative estimate of drug-likeness (QED) is 0.273. The minimum Gasteiger partial charge on any atom is -0.354 e. The first-order chi connectivity index (χ1) is 18.9. The van der Waals surface area contributed by atoms with Gasteiger partial charge in [-0.3, -0.25) is 13.9 Å². The van der Waals surface area contributed by atoms with Gasteiger partial charge in [-0.2, -0.15) is 0 Å². The van der Waals surface area contributed by atoms with Crippen molar-refractivity contribution >= 4 is 43.5 Å². The first-order valence-electron chi connectivity index (χ1n) is 13.4. The lowest BCUT2D eigenvalue weighted by atomic mass is 10.1. The SMILES string of the molecule is CCC(C(=O)NCC(C)C)N(Cc1cccc(C)c1)C(=O)CN(c1ccc(Br)cc1)S(=O)(=O)c1ccc(C)cc1. The van der Waals surface area contributed by atoms with E-state index in [9.17, 15) is 18.0 Å². The third-order valence-electron chi connectivity index (χ3n) is 6.51. The second-order valence-electron chi connectivity index (χ2n) is 10.4. The molecule has 0 aromatic heterocycles. The molecule has 214 valence electrons. The molecule has 0 saturated heterocycles. The van der Waals surface area contributed by atoms with Gasteiger partial charge in [0.05, 0.1) is 10.6 Å². The van der Waals surface area contributed by atoms with Crippen LogP contribution in [0.25, 0.3) is 0 Å². The zero-order valence-electron chi connectivity index (χ0n) is 23.7. The molecule has 0 aliphatic rings. The second kappa shape index (κ2) is 13.9. The van der Waals surface area contributed by atoms with Gasteiger partial charge < -0.3 is 10.2 Å². The fourth-order valence-electron chi connectivity index (χ4n) is 4.32. The van der Waals surface area contributed by atoms with Gasteiger partial charge >= 0.3 is 0 Å². The average Bonchev–Trinajstić information content (AvgIpc) is 2.91.